The van der Waals surface area contributed by atoms with E-state index in [1.807, 2.05) is 6.92 Å². The van der Waals surface area contributed by atoms with Crippen LogP contribution in [0.1, 0.15) is 30.6 Å². The van der Waals surface area contributed by atoms with Crippen molar-refractivity contribution < 1.29 is 14.3 Å². The van der Waals surface area contributed by atoms with Gasteiger partial charge in [-0.1, -0.05) is 13.0 Å². The fourth-order valence-electron chi connectivity index (χ4n) is 2.87. The van der Waals surface area contributed by atoms with E-state index in [4.69, 9.17) is 10.5 Å². The van der Waals surface area contributed by atoms with Gasteiger partial charge in [0.15, 0.2) is 5.69 Å². The number of H-pyrrole nitrogens is 1. The summed E-state index contributed by atoms with van der Waals surface area (Å²) < 4.78 is 6.28. The van der Waals surface area contributed by atoms with Crippen molar-refractivity contribution in [2.45, 2.75) is 26.8 Å². The predicted octanol–water partition coefficient (Wildman–Crippen LogP) is 0.780. The van der Waals surface area contributed by atoms with Gasteiger partial charge in [0.05, 0.1) is 6.61 Å². The van der Waals surface area contributed by atoms with E-state index in [0.717, 1.165) is 0 Å². The number of hydrogen-bond acceptors (Lipinski definition) is 6. The Morgan fingerprint density at radius 2 is 2.03 bits per heavy atom. The van der Waals surface area contributed by atoms with Crippen LogP contribution < -0.4 is 27.2 Å². The van der Waals surface area contributed by atoms with Crippen molar-refractivity contribution in [3.63, 3.8) is 0 Å². The molecule has 0 radical (unpaired) electrons. The number of amides is 2. The topological polar surface area (TPSA) is 140 Å². The zero-order valence-electron chi connectivity index (χ0n) is 16.7. The molecule has 2 rings (SSSR count). The van der Waals surface area contributed by atoms with Crippen molar-refractivity contribution in [1.82, 2.24) is 9.55 Å². The number of carbonyl (C=O) groups is 2. The molecule has 0 saturated carbocycles. The summed E-state index contributed by atoms with van der Waals surface area (Å²) >= 11 is 0. The molecule has 0 aliphatic heterocycles. The molecule has 2 amide bonds. The minimum atomic E-state index is -0.762. The van der Waals surface area contributed by atoms with Gasteiger partial charge in [-0.25, -0.2) is 4.79 Å². The van der Waals surface area contributed by atoms with E-state index >= 15 is 0 Å². The minimum absolute atomic E-state index is 0.0390. The minimum Gasteiger partial charge on any atom is -0.383 e. The molecule has 1 aromatic heterocycles. The summed E-state index contributed by atoms with van der Waals surface area (Å²) in [7, 11) is 1.46. The lowest BCUT2D eigenvalue weighted by atomic mass is 10.1. The van der Waals surface area contributed by atoms with E-state index in [0.29, 0.717) is 18.7 Å². The number of ether oxygens (including phenoxy) is 1. The van der Waals surface area contributed by atoms with E-state index in [1.165, 1.54) is 29.6 Å². The molecule has 10 heteroatoms. The summed E-state index contributed by atoms with van der Waals surface area (Å²) in [6, 6.07) is 6.30. The first kappa shape index (κ1) is 21.9. The van der Waals surface area contributed by atoms with Crippen LogP contribution in [0.4, 0.5) is 17.2 Å². The molecule has 0 aliphatic rings. The zero-order chi connectivity index (χ0) is 21.6. The van der Waals surface area contributed by atoms with Crippen LogP contribution >= 0.6 is 0 Å². The van der Waals surface area contributed by atoms with E-state index in [1.54, 1.807) is 18.2 Å². The van der Waals surface area contributed by atoms with Crippen molar-refractivity contribution in [2.24, 2.45) is 0 Å². The Hall–Kier alpha value is -3.40. The Morgan fingerprint density at radius 3 is 2.66 bits per heavy atom. The first-order chi connectivity index (χ1) is 13.8. The predicted molar refractivity (Wildman–Crippen MR) is 110 cm³/mol. The molecule has 0 fully saturated rings. The molecule has 0 atom stereocenters. The van der Waals surface area contributed by atoms with Crippen LogP contribution in [0.15, 0.2) is 33.9 Å². The number of nitrogen functional groups attached to an aromatic ring is 1. The summed E-state index contributed by atoms with van der Waals surface area (Å²) in [5.74, 6) is -0.894. The number of methoxy groups -OCH3 is 1. The molecule has 0 aliphatic carbocycles. The summed E-state index contributed by atoms with van der Waals surface area (Å²) in [6.07, 6.45) is 0.611. The van der Waals surface area contributed by atoms with Crippen molar-refractivity contribution in [2.75, 3.05) is 36.2 Å². The monoisotopic (exact) mass is 403 g/mol. The van der Waals surface area contributed by atoms with Gasteiger partial charge in [-0.3, -0.25) is 28.8 Å². The Balaban J connectivity index is 2.57. The summed E-state index contributed by atoms with van der Waals surface area (Å²) in [5.41, 5.74) is 5.26. The van der Waals surface area contributed by atoms with E-state index in [-0.39, 0.29) is 36.1 Å². The fourth-order valence-corrected chi connectivity index (χ4v) is 2.87. The normalized spacial score (nSPS) is 10.6. The third-order valence-electron chi connectivity index (χ3n) is 4.13. The molecule has 0 spiro atoms. The van der Waals surface area contributed by atoms with Crippen LogP contribution in [0.2, 0.25) is 0 Å². The fraction of sp³-hybridized carbons (Fsp3) is 0.368. The largest absolute Gasteiger partial charge is 0.383 e. The molecule has 10 nitrogen and oxygen atoms in total. The van der Waals surface area contributed by atoms with Gasteiger partial charge in [0.25, 0.3) is 11.5 Å². The van der Waals surface area contributed by atoms with Gasteiger partial charge >= 0.3 is 5.69 Å². The van der Waals surface area contributed by atoms with E-state index in [9.17, 15) is 19.2 Å². The van der Waals surface area contributed by atoms with Crippen molar-refractivity contribution in [1.29, 1.82) is 0 Å². The Kier molecular flexibility index (Phi) is 7.32. The Labute approximate surface area is 167 Å². The Morgan fingerprint density at radius 1 is 1.31 bits per heavy atom. The molecule has 0 saturated heterocycles. The second-order valence-electron chi connectivity index (χ2n) is 6.36. The number of rotatable bonds is 8. The highest BCUT2D eigenvalue weighted by molar-refractivity contribution is 6.08. The smallest absolute Gasteiger partial charge is 0.330 e. The summed E-state index contributed by atoms with van der Waals surface area (Å²) in [4.78, 5) is 52.5. The van der Waals surface area contributed by atoms with Crippen molar-refractivity contribution in [3.8, 4) is 0 Å². The first-order valence-corrected chi connectivity index (χ1v) is 9.11. The number of aromatic amines is 1. The van der Waals surface area contributed by atoms with E-state index in [2.05, 4.69) is 10.3 Å². The molecule has 29 heavy (non-hydrogen) atoms. The van der Waals surface area contributed by atoms with Gasteiger partial charge < -0.3 is 15.8 Å². The zero-order valence-corrected chi connectivity index (χ0v) is 16.7. The lowest BCUT2D eigenvalue weighted by Gasteiger charge is -2.24. The van der Waals surface area contributed by atoms with Crippen LogP contribution in [0.3, 0.4) is 0 Å². The number of aromatic nitrogens is 2. The lowest BCUT2D eigenvalue weighted by Crippen LogP contribution is -2.42. The average molecular weight is 403 g/mol. The third kappa shape index (κ3) is 5.11. The number of anilines is 3. The van der Waals surface area contributed by atoms with Gasteiger partial charge in [-0.2, -0.15) is 0 Å². The molecule has 2 aromatic rings. The second-order valence-corrected chi connectivity index (χ2v) is 6.36. The van der Waals surface area contributed by atoms with Gasteiger partial charge in [-0.15, -0.1) is 0 Å². The molecule has 1 aromatic carbocycles. The standard InChI is InChI=1S/C19H25N5O5/c1-4-8-24-16(20)15(17(26)22-19(24)28)23(9-10-29-3)18(27)13-6-5-7-14(11-13)21-12(2)25/h5-7,11H,4,8-10,20H2,1-3H3,(H,21,25)(H,22,26,28). The van der Waals surface area contributed by atoms with Crippen molar-refractivity contribution in [3.05, 3.63) is 50.7 Å². The van der Waals surface area contributed by atoms with Crippen LogP contribution in [0, 0.1) is 0 Å². The quantitative estimate of drug-likeness (QED) is 0.595. The number of nitrogens with two attached hydrogens (primary N) is 1. The number of hydrogen-bond donors (Lipinski definition) is 3. The maximum atomic E-state index is 13.2. The first-order valence-electron chi connectivity index (χ1n) is 9.11. The SMILES string of the molecule is CCCn1c(N)c(N(CCOC)C(=O)c2cccc(NC(C)=O)c2)c(=O)[nH]c1=O. The Bertz CT molecular complexity index is 1010. The van der Waals surface area contributed by atoms with Crippen LogP contribution in [-0.2, 0) is 16.1 Å². The van der Waals surface area contributed by atoms with Crippen LogP contribution in [-0.4, -0.2) is 41.6 Å². The summed E-state index contributed by atoms with van der Waals surface area (Å²) in [6.45, 7) is 3.69. The van der Waals surface area contributed by atoms with Gasteiger partial charge in [0.1, 0.15) is 5.82 Å². The molecule has 0 bridgehead atoms. The van der Waals surface area contributed by atoms with Gasteiger partial charge in [0.2, 0.25) is 5.91 Å². The van der Waals surface area contributed by atoms with Crippen LogP contribution in [0.5, 0.6) is 0 Å². The molecule has 0 unspecified atom stereocenters. The van der Waals surface area contributed by atoms with Gasteiger partial charge in [0, 0.05) is 38.4 Å². The highest BCUT2D eigenvalue weighted by Crippen LogP contribution is 2.21. The number of nitrogens with zero attached hydrogens (tertiary/aromatic N) is 2. The second kappa shape index (κ2) is 9.69. The highest BCUT2D eigenvalue weighted by Gasteiger charge is 2.25. The lowest BCUT2D eigenvalue weighted by molar-refractivity contribution is -0.114. The maximum Gasteiger partial charge on any atom is 0.330 e. The van der Waals surface area contributed by atoms with E-state index < -0.39 is 17.2 Å². The third-order valence-corrected chi connectivity index (χ3v) is 4.13. The average Bonchev–Trinajstić information content (AvgIpc) is 2.66. The number of nitrogens with one attached hydrogen (secondary N) is 2. The number of benzene rings is 1. The van der Waals surface area contributed by atoms with Gasteiger partial charge in [-0.05, 0) is 24.6 Å². The maximum absolute atomic E-state index is 13.2. The highest BCUT2D eigenvalue weighted by atomic mass is 16.5. The molecule has 4 N–H and O–H groups in total. The summed E-state index contributed by atoms with van der Waals surface area (Å²) in [5, 5.41) is 2.61. The molecular formula is C19H25N5O5. The molecule has 1 heterocycles. The van der Waals surface area contributed by atoms with Crippen molar-refractivity contribution >= 4 is 29.0 Å². The number of carbonyl (C=O) groups excluding carboxylic acids is 2. The van der Waals surface area contributed by atoms with Crippen LogP contribution in [0.25, 0.3) is 0 Å². The molecule has 156 valence electrons. The molecular weight excluding hydrogens is 378 g/mol.